The van der Waals surface area contributed by atoms with Crippen LogP contribution < -0.4 is 13.4 Å². The fourth-order valence-electron chi connectivity index (χ4n) is 2.67. The van der Waals surface area contributed by atoms with E-state index in [0.29, 0.717) is 0 Å². The third-order valence-electron chi connectivity index (χ3n) is 4.03. The molecule has 0 saturated carbocycles. The van der Waals surface area contributed by atoms with Crippen LogP contribution in [0.25, 0.3) is 0 Å². The summed E-state index contributed by atoms with van der Waals surface area (Å²) in [6, 6.07) is 0. The van der Waals surface area contributed by atoms with Gasteiger partial charge in [-0.1, -0.05) is 0 Å². The van der Waals surface area contributed by atoms with Crippen LogP contribution in [0.5, 0.6) is 0 Å². The molecule has 7 heteroatoms. The summed E-state index contributed by atoms with van der Waals surface area (Å²) in [5, 5.41) is 0. The van der Waals surface area contributed by atoms with Crippen LogP contribution in [0.1, 0.15) is 20.8 Å². The van der Waals surface area contributed by atoms with E-state index in [-0.39, 0.29) is 7.12 Å². The molecule has 0 atom stereocenters. The lowest BCUT2D eigenvalue weighted by Gasteiger charge is -2.14. The Morgan fingerprint density at radius 3 is 1.18 bits per heavy atom. The number of aromatic nitrogens is 6. The van der Waals surface area contributed by atoms with Gasteiger partial charge >= 0.3 is 7.12 Å². The molecule has 3 rings (SSSR count). The van der Waals surface area contributed by atoms with Gasteiger partial charge in [0.2, 0.25) is 19.0 Å². The zero-order chi connectivity index (χ0) is 15.5. The van der Waals surface area contributed by atoms with Crippen LogP contribution in [0, 0.1) is 0 Å². The number of hydrogen-bond donors (Lipinski definition) is 0. The third-order valence-corrected chi connectivity index (χ3v) is 4.03. The summed E-state index contributed by atoms with van der Waals surface area (Å²) >= 11 is 0. The fourth-order valence-corrected chi connectivity index (χ4v) is 2.67. The molecule has 0 saturated heterocycles. The van der Waals surface area contributed by atoms with Gasteiger partial charge in [-0.15, -0.1) is 0 Å². The smallest absolute Gasteiger partial charge is 0.370 e. The van der Waals surface area contributed by atoms with E-state index in [2.05, 4.69) is 104 Å². The molecule has 0 unspecified atom stereocenters. The van der Waals surface area contributed by atoms with Crippen molar-refractivity contribution < 1.29 is 13.4 Å². The molecule has 0 N–H and O–H groups in total. The number of nitrogens with zero attached hydrogens (tertiary/aromatic N) is 6. The molecule has 0 bridgehead atoms. The van der Waals surface area contributed by atoms with E-state index in [1.54, 1.807) is 0 Å². The van der Waals surface area contributed by atoms with E-state index in [1.165, 1.54) is 0 Å². The van der Waals surface area contributed by atoms with Gasteiger partial charge < -0.3 is 13.4 Å². The van der Waals surface area contributed by atoms with Crippen molar-refractivity contribution >= 4 is 7.12 Å². The zero-order valence-electron chi connectivity index (χ0n) is 13.6. The van der Waals surface area contributed by atoms with E-state index < -0.39 is 0 Å². The van der Waals surface area contributed by atoms with E-state index in [9.17, 15) is 0 Å². The van der Waals surface area contributed by atoms with Gasteiger partial charge in [0, 0.05) is 0 Å². The van der Waals surface area contributed by atoms with Gasteiger partial charge in [-0.3, -0.25) is 0 Å². The van der Waals surface area contributed by atoms with Crippen molar-refractivity contribution in [3.63, 3.8) is 0 Å². The number of imidazole rings is 3. The third kappa shape index (κ3) is 2.71. The Labute approximate surface area is 131 Å². The van der Waals surface area contributed by atoms with Crippen LogP contribution in [-0.2, 0) is 19.6 Å². The minimum atomic E-state index is 0.0633. The molecule has 3 aromatic heterocycles. The van der Waals surface area contributed by atoms with Gasteiger partial charge in [-0.2, -0.15) is 0 Å². The van der Waals surface area contributed by atoms with Crippen LogP contribution in [0.3, 0.4) is 0 Å². The Bertz CT molecular complexity index is 640. The molecule has 0 aliphatic carbocycles. The maximum absolute atomic E-state index is 2.23. The fraction of sp³-hybridized carbons (Fsp3) is 0.400. The lowest BCUT2D eigenvalue weighted by atomic mass is 9.92. The van der Waals surface area contributed by atoms with Crippen LogP contribution in [0.15, 0.2) is 56.2 Å². The number of rotatable bonds is 6. The van der Waals surface area contributed by atoms with Crippen molar-refractivity contribution in [1.82, 2.24) is 13.7 Å². The maximum atomic E-state index is 2.23. The second-order valence-corrected chi connectivity index (χ2v) is 5.42. The Hall–Kier alpha value is -2.31. The predicted octanol–water partition coefficient (Wildman–Crippen LogP) is -0.0571. The molecule has 0 fully saturated rings. The quantitative estimate of drug-likeness (QED) is 0.570. The van der Waals surface area contributed by atoms with E-state index >= 15 is 0 Å². The largest absolute Gasteiger partial charge is 0.582 e. The second-order valence-electron chi connectivity index (χ2n) is 5.42. The van der Waals surface area contributed by atoms with Gasteiger partial charge in [-0.25, -0.2) is 13.7 Å². The normalized spacial score (nSPS) is 11.5. The summed E-state index contributed by atoms with van der Waals surface area (Å²) in [4.78, 5) is 0. The van der Waals surface area contributed by atoms with Crippen molar-refractivity contribution in [1.29, 1.82) is 0 Å². The highest BCUT2D eigenvalue weighted by atomic mass is 15.3. The predicted molar refractivity (Wildman–Crippen MR) is 82.9 cm³/mol. The number of aryl methyl sites for hydroxylation is 3. The van der Waals surface area contributed by atoms with Gasteiger partial charge in [0.1, 0.15) is 18.6 Å². The molecule has 1 radical (unpaired) electrons. The van der Waals surface area contributed by atoms with E-state index in [0.717, 1.165) is 19.6 Å². The zero-order valence-corrected chi connectivity index (χ0v) is 13.6. The van der Waals surface area contributed by atoms with Crippen LogP contribution >= 0.6 is 0 Å². The topological polar surface area (TPSA) is 26.4 Å². The van der Waals surface area contributed by atoms with E-state index in [4.69, 9.17) is 0 Å². The summed E-state index contributed by atoms with van der Waals surface area (Å²) in [5.41, 5.74) is 0. The standard InChI is InChI=1S/C15H24BN6/c1-4-17-7-10-20(13-17)16(21-11-8-18(5-2)14-21)22-12-9-19(6-3)15-22/h7-15H,4-6H2,1-3H3/q+2. The van der Waals surface area contributed by atoms with Gasteiger partial charge in [-0.05, 0) is 20.8 Å². The summed E-state index contributed by atoms with van der Waals surface area (Å²) < 4.78 is 13.2. The highest BCUT2D eigenvalue weighted by Crippen LogP contribution is 1.88. The monoisotopic (exact) mass is 299 g/mol. The average molecular weight is 299 g/mol. The van der Waals surface area contributed by atoms with Crippen molar-refractivity contribution in [2.24, 2.45) is 0 Å². The Kier molecular flexibility index (Phi) is 4.13. The summed E-state index contributed by atoms with van der Waals surface area (Å²) in [6.07, 6.45) is 19.2. The van der Waals surface area contributed by atoms with Crippen LogP contribution in [-0.4, -0.2) is 20.8 Å². The highest BCUT2D eigenvalue weighted by molar-refractivity contribution is 6.28. The number of hydrogen-bond acceptors (Lipinski definition) is 0. The summed E-state index contributed by atoms with van der Waals surface area (Å²) in [7, 11) is 0.0633. The summed E-state index contributed by atoms with van der Waals surface area (Å²) in [5.74, 6) is 0. The lowest BCUT2D eigenvalue weighted by molar-refractivity contribution is -0.792. The Morgan fingerprint density at radius 2 is 0.955 bits per heavy atom. The first kappa shape index (κ1) is 14.6. The Balaban J connectivity index is 2.04. The highest BCUT2D eigenvalue weighted by Gasteiger charge is 2.27. The Morgan fingerprint density at radius 1 is 0.636 bits per heavy atom. The van der Waals surface area contributed by atoms with Crippen molar-refractivity contribution in [3.05, 3.63) is 56.2 Å². The van der Waals surface area contributed by atoms with Crippen molar-refractivity contribution in [3.8, 4) is 0 Å². The first-order valence-electron chi connectivity index (χ1n) is 7.94. The molecule has 0 aliphatic heterocycles. The SMILES string of the molecule is CCn1cc[n+]([B-]([n+]2ccn(CC)c2)[n+]2ccn(CC)c2)c1. The molecule has 3 heterocycles. The van der Waals surface area contributed by atoms with Gasteiger partial charge in [0.25, 0.3) is 0 Å². The molecule has 0 amide bonds. The van der Waals surface area contributed by atoms with Gasteiger partial charge in [0.05, 0.1) is 38.2 Å². The molecule has 22 heavy (non-hydrogen) atoms. The van der Waals surface area contributed by atoms with Gasteiger partial charge in [0.15, 0.2) is 0 Å². The average Bonchev–Trinajstić information content (AvgIpc) is 3.28. The summed E-state index contributed by atoms with van der Waals surface area (Å²) in [6.45, 7) is 9.38. The minimum Gasteiger partial charge on any atom is -0.370 e. The molecular weight excluding hydrogens is 275 g/mol. The molecule has 0 spiro atoms. The minimum absolute atomic E-state index is 0.0633. The maximum Gasteiger partial charge on any atom is 0.582 e. The van der Waals surface area contributed by atoms with Crippen LogP contribution in [0.4, 0.5) is 0 Å². The molecular formula is C15H24BN6+2. The van der Waals surface area contributed by atoms with Crippen molar-refractivity contribution in [2.75, 3.05) is 0 Å². The molecule has 0 aromatic carbocycles. The lowest BCUT2D eigenvalue weighted by Crippen LogP contribution is -2.82. The first-order valence-corrected chi connectivity index (χ1v) is 7.94. The van der Waals surface area contributed by atoms with E-state index in [1.807, 2.05) is 0 Å². The molecule has 0 aliphatic rings. The molecule has 3 aromatic rings. The first-order chi connectivity index (χ1) is 10.7. The van der Waals surface area contributed by atoms with Crippen molar-refractivity contribution in [2.45, 2.75) is 40.4 Å². The second kappa shape index (κ2) is 6.21. The van der Waals surface area contributed by atoms with Crippen LogP contribution in [0.2, 0.25) is 0 Å². The molecule has 115 valence electrons. The molecule has 6 nitrogen and oxygen atoms in total.